The number of aromatic amines is 2. The molecule has 2 aromatic heterocycles. The van der Waals surface area contributed by atoms with Gasteiger partial charge in [0.2, 0.25) is 0 Å². The van der Waals surface area contributed by atoms with Gasteiger partial charge in [-0.2, -0.15) is 10.2 Å². The summed E-state index contributed by atoms with van der Waals surface area (Å²) >= 11 is 18.1. The van der Waals surface area contributed by atoms with Gasteiger partial charge in [-0.15, -0.1) is 0 Å². The minimum absolute atomic E-state index is 0.0855. The molecule has 0 atom stereocenters. The monoisotopic (exact) mass is 758 g/mol. The summed E-state index contributed by atoms with van der Waals surface area (Å²) in [6.45, 7) is 0. The lowest BCUT2D eigenvalue weighted by atomic mass is 10.2. The van der Waals surface area contributed by atoms with Crippen LogP contribution in [0, 0.1) is 0 Å². The van der Waals surface area contributed by atoms with Crippen LogP contribution in [0.1, 0.15) is 41.7 Å². The highest BCUT2D eigenvalue weighted by Crippen LogP contribution is 2.26. The fourth-order valence-electron chi connectivity index (χ4n) is 2.97. The Labute approximate surface area is 273 Å². The average molecular weight is 761 g/mol. The molecule has 0 aliphatic heterocycles. The number of carbonyl (C=O) groups is 4. The number of carbonyl (C=O) groups excluding carboxylic acids is 3. The molecule has 0 spiro atoms. The summed E-state index contributed by atoms with van der Waals surface area (Å²) in [5.41, 5.74) is 0.717. The van der Waals surface area contributed by atoms with Crippen molar-refractivity contribution < 1.29 is 24.3 Å². The van der Waals surface area contributed by atoms with Gasteiger partial charge in [-0.25, -0.2) is 4.79 Å². The normalized spacial score (nSPS) is 9.95. The zero-order valence-electron chi connectivity index (χ0n) is 23.1. The predicted molar refractivity (Wildman–Crippen MR) is 171 cm³/mol. The summed E-state index contributed by atoms with van der Waals surface area (Å²) in [4.78, 5) is 48.2. The molecule has 0 radical (unpaired) electrons. The first-order valence-corrected chi connectivity index (χ1v) is 14.3. The summed E-state index contributed by atoms with van der Waals surface area (Å²) in [5, 5.41) is 29.8. The van der Waals surface area contributed by atoms with E-state index in [1.807, 2.05) is 14.1 Å². The third-order valence-corrected chi connectivity index (χ3v) is 7.15. The molecule has 0 aliphatic carbocycles. The predicted octanol–water partition coefficient (Wildman–Crippen LogP) is 5.39. The zero-order valence-corrected chi connectivity index (χ0v) is 27.7. The quantitative estimate of drug-likeness (QED) is 0.151. The molecule has 0 saturated carbocycles. The second-order valence-corrected chi connectivity index (χ2v) is 10.8. The molecule has 0 aliphatic rings. The number of aromatic carboxylic acids is 1. The molecule has 6 N–H and O–H groups in total. The van der Waals surface area contributed by atoms with E-state index < -0.39 is 17.8 Å². The van der Waals surface area contributed by atoms with Crippen molar-refractivity contribution in [1.29, 1.82) is 0 Å². The number of anilines is 2. The van der Waals surface area contributed by atoms with Crippen LogP contribution in [0.15, 0.2) is 57.5 Å². The molecule has 0 saturated heterocycles. The molecule has 4 aromatic rings. The van der Waals surface area contributed by atoms with Crippen molar-refractivity contribution in [1.82, 2.24) is 30.6 Å². The smallest absolute Gasteiger partial charge is 0.355 e. The molecule has 17 heteroatoms. The van der Waals surface area contributed by atoms with Gasteiger partial charge in [-0.3, -0.25) is 24.6 Å². The van der Waals surface area contributed by atoms with Gasteiger partial charge in [-0.1, -0.05) is 47.5 Å². The first kappa shape index (κ1) is 35.4. The molecular weight excluding hydrogens is 735 g/mol. The van der Waals surface area contributed by atoms with Crippen LogP contribution in [0.5, 0.6) is 0 Å². The maximum Gasteiger partial charge on any atom is 0.355 e. The van der Waals surface area contributed by atoms with Gasteiger partial charge in [0.15, 0.2) is 17.3 Å². The number of halogens is 4. The number of hydrogen-bond donors (Lipinski definition) is 6. The third kappa shape index (κ3) is 9.62. The van der Waals surface area contributed by atoms with Crippen molar-refractivity contribution in [2.75, 3.05) is 38.8 Å². The number of amides is 3. The minimum Gasteiger partial charge on any atom is -0.476 e. The third-order valence-electron chi connectivity index (χ3n) is 4.95. The topological polar surface area (TPSA) is 185 Å². The summed E-state index contributed by atoms with van der Waals surface area (Å²) < 4.78 is 0.557. The number of nitrogens with zero attached hydrogens (tertiary/aromatic N) is 3. The highest BCUT2D eigenvalue weighted by Gasteiger charge is 2.21. The van der Waals surface area contributed by atoms with Crippen LogP contribution < -0.4 is 16.0 Å². The molecule has 4 rings (SSSR count). The van der Waals surface area contributed by atoms with Crippen LogP contribution in [0.2, 0.25) is 10.0 Å². The van der Waals surface area contributed by atoms with Crippen molar-refractivity contribution >= 4 is 90.4 Å². The minimum atomic E-state index is -1.18. The Bertz CT molecular complexity index is 1610. The van der Waals surface area contributed by atoms with Crippen molar-refractivity contribution in [3.63, 3.8) is 0 Å². The Hall–Kier alpha value is -3.76. The summed E-state index contributed by atoms with van der Waals surface area (Å²) in [7, 11) is 7.00. The number of benzene rings is 2. The van der Waals surface area contributed by atoms with Crippen molar-refractivity contribution in [3.8, 4) is 0 Å². The molecular formula is C26H26Br2Cl2N8O5. The van der Waals surface area contributed by atoms with Crippen LogP contribution >= 0.6 is 55.1 Å². The number of carboxylic acid groups (broad SMARTS) is 1. The number of hydrogen-bond acceptors (Lipinski definition) is 7. The molecule has 3 amide bonds. The Morgan fingerprint density at radius 2 is 1.14 bits per heavy atom. The molecule has 0 bridgehead atoms. The van der Waals surface area contributed by atoms with Crippen molar-refractivity contribution in [2.24, 2.45) is 0 Å². The van der Waals surface area contributed by atoms with E-state index in [4.69, 9.17) is 28.3 Å². The molecule has 43 heavy (non-hydrogen) atoms. The van der Waals surface area contributed by atoms with Gasteiger partial charge in [0.1, 0.15) is 5.69 Å². The summed E-state index contributed by atoms with van der Waals surface area (Å²) in [6.07, 6.45) is 0. The first-order chi connectivity index (χ1) is 20.3. The van der Waals surface area contributed by atoms with Gasteiger partial charge in [0.25, 0.3) is 17.7 Å². The molecule has 0 unspecified atom stereocenters. The van der Waals surface area contributed by atoms with Crippen molar-refractivity contribution in [3.05, 3.63) is 90.0 Å². The van der Waals surface area contributed by atoms with E-state index in [0.29, 0.717) is 20.1 Å². The van der Waals surface area contributed by atoms with Gasteiger partial charge in [0.05, 0.1) is 30.1 Å². The van der Waals surface area contributed by atoms with Crippen LogP contribution in [0.25, 0.3) is 0 Å². The number of H-pyrrole nitrogens is 2. The molecule has 2 heterocycles. The van der Waals surface area contributed by atoms with Crippen molar-refractivity contribution in [2.45, 2.75) is 0 Å². The van der Waals surface area contributed by atoms with Gasteiger partial charge < -0.3 is 26.0 Å². The Morgan fingerprint density at radius 1 is 0.767 bits per heavy atom. The second-order valence-electron chi connectivity index (χ2n) is 8.40. The summed E-state index contributed by atoms with van der Waals surface area (Å²) in [6, 6.07) is 13.2. The van der Waals surface area contributed by atoms with E-state index in [1.54, 1.807) is 62.6 Å². The van der Waals surface area contributed by atoms with Gasteiger partial charge in [-0.05, 0) is 70.2 Å². The number of carboxylic acids is 1. The Kier molecular flexibility index (Phi) is 13.8. The molecule has 13 nitrogen and oxygen atoms in total. The van der Waals surface area contributed by atoms with Gasteiger partial charge >= 0.3 is 5.97 Å². The van der Waals surface area contributed by atoms with Gasteiger partial charge in [0, 0.05) is 14.1 Å². The standard InChI is InChI=1S/C13H12BrClN4O2.C11H7BrClN3O3.C2H7N/c1-19(2)13(21)10-9(14)11(18-17-10)16-12(20)7-5-3-4-6-8(7)15;12-7-8(11(18)19)15-16-9(7)14-10(17)5-3-1-2-4-6(5)13;1-3-2/h3-6H,1-2H3,(H2,16,17,18,20);1-4H,(H,18,19)(H2,14,15,16,17);3H,1-2H3. The van der Waals surface area contributed by atoms with E-state index in [-0.39, 0.29) is 39.0 Å². The Balaban J connectivity index is 0.000000276. The molecule has 2 aromatic carbocycles. The van der Waals surface area contributed by atoms with E-state index in [0.717, 1.165) is 0 Å². The van der Waals surface area contributed by atoms with E-state index >= 15 is 0 Å². The lowest BCUT2D eigenvalue weighted by Crippen LogP contribution is -2.22. The van der Waals surface area contributed by atoms with E-state index in [2.05, 4.69) is 68.2 Å². The number of rotatable bonds is 6. The molecule has 0 fully saturated rings. The molecule has 228 valence electrons. The average Bonchev–Trinajstić information content (AvgIpc) is 3.51. The maximum absolute atomic E-state index is 12.1. The van der Waals surface area contributed by atoms with Crippen LogP contribution in [0.4, 0.5) is 11.6 Å². The fourth-order valence-corrected chi connectivity index (χ4v) is 4.31. The Morgan fingerprint density at radius 3 is 1.49 bits per heavy atom. The number of nitrogens with one attached hydrogen (secondary N) is 5. The second kappa shape index (κ2) is 16.8. The largest absolute Gasteiger partial charge is 0.476 e. The lowest BCUT2D eigenvalue weighted by Gasteiger charge is -2.08. The highest BCUT2D eigenvalue weighted by molar-refractivity contribution is 9.11. The lowest BCUT2D eigenvalue weighted by molar-refractivity contribution is 0.0688. The SMILES string of the molecule is CN(C)C(=O)c1[nH]nc(NC(=O)c2ccccc2Cl)c1Br.CNC.O=C(Nc1n[nH]c(C(=O)O)c1Br)c1ccccc1Cl. The first-order valence-electron chi connectivity index (χ1n) is 12.0. The maximum atomic E-state index is 12.1. The van der Waals surface area contributed by atoms with E-state index in [9.17, 15) is 19.2 Å². The van der Waals surface area contributed by atoms with E-state index in [1.165, 1.54) is 4.90 Å². The zero-order chi connectivity index (χ0) is 32.3. The number of aromatic nitrogens is 4. The van der Waals surface area contributed by atoms with Crippen LogP contribution in [-0.4, -0.2) is 82.3 Å². The van der Waals surface area contributed by atoms with Crippen LogP contribution in [-0.2, 0) is 0 Å². The fraction of sp³-hybridized carbons (Fsp3) is 0.154. The van der Waals surface area contributed by atoms with Crippen LogP contribution in [0.3, 0.4) is 0 Å². The highest BCUT2D eigenvalue weighted by atomic mass is 79.9. The summed E-state index contributed by atoms with van der Waals surface area (Å²) in [5.74, 6) is -2.01.